The Morgan fingerprint density at radius 2 is 2.30 bits per heavy atom. The van der Waals surface area contributed by atoms with Crippen molar-refractivity contribution in [2.75, 3.05) is 0 Å². The van der Waals surface area contributed by atoms with Gasteiger partial charge >= 0.3 is 0 Å². The van der Waals surface area contributed by atoms with E-state index in [1.54, 1.807) is 12.3 Å². The highest BCUT2D eigenvalue weighted by molar-refractivity contribution is 5.27. The van der Waals surface area contributed by atoms with Crippen LogP contribution >= 0.6 is 0 Å². The first kappa shape index (κ1) is 13.1. The molecule has 20 heavy (non-hydrogen) atoms. The average Bonchev–Trinajstić information content (AvgIpc) is 3.09. The van der Waals surface area contributed by atoms with Gasteiger partial charge in [0.2, 0.25) is 0 Å². The second-order valence-corrected chi connectivity index (χ2v) is 5.28. The third kappa shape index (κ3) is 2.67. The van der Waals surface area contributed by atoms with Gasteiger partial charge in [0.15, 0.2) is 11.6 Å². The minimum Gasteiger partial charge on any atom is -0.505 e. The molecule has 1 fully saturated rings. The fraction of sp³-hybridized carbons (Fsp3) is 0.400. The van der Waals surface area contributed by atoms with Gasteiger partial charge in [-0.15, -0.1) is 0 Å². The Morgan fingerprint density at radius 3 is 3.05 bits per heavy atom. The van der Waals surface area contributed by atoms with Gasteiger partial charge in [-0.1, -0.05) is 6.07 Å². The van der Waals surface area contributed by atoms with Gasteiger partial charge < -0.3 is 15.0 Å². The van der Waals surface area contributed by atoms with Crippen LogP contribution in [0.1, 0.15) is 30.9 Å². The van der Waals surface area contributed by atoms with E-state index in [4.69, 9.17) is 0 Å². The first-order valence-corrected chi connectivity index (χ1v) is 6.92. The summed E-state index contributed by atoms with van der Waals surface area (Å²) < 4.78 is 15.4. The molecule has 2 unspecified atom stereocenters. The van der Waals surface area contributed by atoms with Gasteiger partial charge in [0, 0.05) is 31.0 Å². The summed E-state index contributed by atoms with van der Waals surface area (Å²) in [5.74, 6) is -0.868. The molecular weight excluding hydrogens is 257 g/mol. The van der Waals surface area contributed by atoms with Crippen molar-refractivity contribution in [1.82, 2.24) is 14.9 Å². The molecule has 0 radical (unpaired) electrons. The van der Waals surface area contributed by atoms with Crippen molar-refractivity contribution in [2.45, 2.75) is 37.9 Å². The Bertz CT molecular complexity index is 571. The van der Waals surface area contributed by atoms with Crippen LogP contribution in [-0.2, 0) is 6.54 Å². The zero-order valence-corrected chi connectivity index (χ0v) is 11.2. The quantitative estimate of drug-likeness (QED) is 0.901. The van der Waals surface area contributed by atoms with Gasteiger partial charge in [-0.2, -0.15) is 0 Å². The highest BCUT2D eigenvalue weighted by Gasteiger charge is 2.27. The molecule has 3 rings (SSSR count). The molecule has 0 aliphatic heterocycles. The fourth-order valence-corrected chi connectivity index (χ4v) is 2.91. The number of phenols is 1. The largest absolute Gasteiger partial charge is 0.505 e. The molecule has 4 nitrogen and oxygen atoms in total. The van der Waals surface area contributed by atoms with E-state index in [2.05, 4.69) is 14.9 Å². The standard InChI is InChI=1S/C15H18FN3O/c16-12-8-11(4-5-15(12)20)9-18-13-2-1-3-14(13)19-7-6-17-10-19/h4-8,10,13-14,18,20H,1-3,9H2. The van der Waals surface area contributed by atoms with Gasteiger partial charge in [0.05, 0.1) is 6.33 Å². The highest BCUT2D eigenvalue weighted by atomic mass is 19.1. The van der Waals surface area contributed by atoms with Crippen LogP contribution < -0.4 is 5.32 Å². The number of nitrogens with one attached hydrogen (secondary N) is 1. The van der Waals surface area contributed by atoms with Gasteiger partial charge in [0.25, 0.3) is 0 Å². The van der Waals surface area contributed by atoms with Crippen LogP contribution in [-0.4, -0.2) is 20.7 Å². The molecule has 0 amide bonds. The third-order valence-corrected chi connectivity index (χ3v) is 3.97. The van der Waals surface area contributed by atoms with Crippen LogP contribution in [0.3, 0.4) is 0 Å². The molecule has 1 heterocycles. The van der Waals surface area contributed by atoms with E-state index in [0.29, 0.717) is 18.6 Å². The fourth-order valence-electron chi connectivity index (χ4n) is 2.91. The molecule has 2 aromatic rings. The Kier molecular flexibility index (Phi) is 3.69. The number of nitrogens with zero attached hydrogens (tertiary/aromatic N) is 2. The molecule has 0 bridgehead atoms. The van der Waals surface area contributed by atoms with E-state index in [0.717, 1.165) is 18.4 Å². The van der Waals surface area contributed by atoms with E-state index in [9.17, 15) is 9.50 Å². The summed E-state index contributed by atoms with van der Waals surface area (Å²) in [6, 6.07) is 5.31. The SMILES string of the molecule is Oc1ccc(CNC2CCCC2n2ccnc2)cc1F. The lowest BCUT2D eigenvalue weighted by atomic mass is 10.1. The summed E-state index contributed by atoms with van der Waals surface area (Å²) in [4.78, 5) is 4.10. The van der Waals surface area contributed by atoms with Crippen LogP contribution in [0.25, 0.3) is 0 Å². The number of halogens is 1. The predicted molar refractivity (Wildman–Crippen MR) is 73.8 cm³/mol. The lowest BCUT2D eigenvalue weighted by Crippen LogP contribution is -2.33. The van der Waals surface area contributed by atoms with E-state index < -0.39 is 5.82 Å². The highest BCUT2D eigenvalue weighted by Crippen LogP contribution is 2.30. The number of benzene rings is 1. The zero-order valence-electron chi connectivity index (χ0n) is 11.2. The van der Waals surface area contributed by atoms with E-state index in [1.165, 1.54) is 18.6 Å². The molecule has 5 heteroatoms. The summed E-state index contributed by atoms with van der Waals surface area (Å²) in [5.41, 5.74) is 0.844. The maximum absolute atomic E-state index is 13.3. The van der Waals surface area contributed by atoms with Crippen molar-refractivity contribution in [3.63, 3.8) is 0 Å². The van der Waals surface area contributed by atoms with E-state index in [-0.39, 0.29) is 5.75 Å². The molecule has 1 saturated carbocycles. The number of hydrogen-bond acceptors (Lipinski definition) is 3. The lowest BCUT2D eigenvalue weighted by molar-refractivity contribution is 0.389. The predicted octanol–water partition coefficient (Wildman–Crippen LogP) is 2.61. The number of imidazole rings is 1. The van der Waals surface area contributed by atoms with E-state index in [1.807, 2.05) is 12.5 Å². The molecule has 1 aliphatic carbocycles. The Balaban J connectivity index is 1.64. The summed E-state index contributed by atoms with van der Waals surface area (Å²) >= 11 is 0. The first-order valence-electron chi connectivity index (χ1n) is 6.92. The van der Waals surface area contributed by atoms with Crippen LogP contribution in [0.4, 0.5) is 4.39 Å². The molecule has 2 atom stereocenters. The maximum atomic E-state index is 13.3. The summed E-state index contributed by atoms with van der Waals surface area (Å²) in [6.07, 6.45) is 9.08. The van der Waals surface area contributed by atoms with Crippen molar-refractivity contribution < 1.29 is 9.50 Å². The maximum Gasteiger partial charge on any atom is 0.165 e. The normalized spacial score (nSPS) is 22.2. The number of rotatable bonds is 4. The molecule has 2 N–H and O–H groups in total. The van der Waals surface area contributed by atoms with Gasteiger partial charge in [-0.05, 0) is 37.0 Å². The minimum absolute atomic E-state index is 0.300. The second-order valence-electron chi connectivity index (χ2n) is 5.28. The summed E-state index contributed by atoms with van der Waals surface area (Å²) in [5, 5.41) is 12.7. The van der Waals surface area contributed by atoms with Crippen molar-refractivity contribution in [1.29, 1.82) is 0 Å². The minimum atomic E-state index is -0.568. The van der Waals surface area contributed by atoms with Crippen molar-refractivity contribution in [2.24, 2.45) is 0 Å². The Hall–Kier alpha value is -1.88. The van der Waals surface area contributed by atoms with Crippen molar-refractivity contribution >= 4 is 0 Å². The van der Waals surface area contributed by atoms with Gasteiger partial charge in [0.1, 0.15) is 0 Å². The monoisotopic (exact) mass is 275 g/mol. The second kappa shape index (κ2) is 5.63. The molecule has 0 spiro atoms. The van der Waals surface area contributed by atoms with E-state index >= 15 is 0 Å². The number of aromatic hydroxyl groups is 1. The van der Waals surface area contributed by atoms with Gasteiger partial charge in [-0.3, -0.25) is 0 Å². The van der Waals surface area contributed by atoms with Crippen molar-refractivity contribution in [3.8, 4) is 5.75 Å². The summed E-state index contributed by atoms with van der Waals surface area (Å²) in [6.45, 7) is 0.604. The van der Waals surface area contributed by atoms with Crippen LogP contribution in [0.5, 0.6) is 5.75 Å². The molecular formula is C15H18FN3O. The smallest absolute Gasteiger partial charge is 0.165 e. The number of phenolic OH excluding ortho intramolecular Hbond substituents is 1. The topological polar surface area (TPSA) is 50.1 Å². The number of hydrogen-bond donors (Lipinski definition) is 2. The summed E-state index contributed by atoms with van der Waals surface area (Å²) in [7, 11) is 0. The van der Waals surface area contributed by atoms with Gasteiger partial charge in [-0.25, -0.2) is 9.37 Å². The molecule has 1 aliphatic rings. The molecule has 0 saturated heterocycles. The number of aromatic nitrogens is 2. The zero-order chi connectivity index (χ0) is 13.9. The van der Waals surface area contributed by atoms with Crippen LogP contribution in [0.2, 0.25) is 0 Å². The molecule has 106 valence electrons. The molecule has 1 aromatic carbocycles. The molecule has 1 aromatic heterocycles. The van der Waals surface area contributed by atoms with Crippen molar-refractivity contribution in [3.05, 3.63) is 48.3 Å². The Labute approximate surface area is 117 Å². The third-order valence-electron chi connectivity index (χ3n) is 3.97. The van der Waals surface area contributed by atoms with Crippen LogP contribution in [0.15, 0.2) is 36.9 Å². The van der Waals surface area contributed by atoms with Crippen LogP contribution in [0, 0.1) is 5.82 Å². The first-order chi connectivity index (χ1) is 9.74. The lowest BCUT2D eigenvalue weighted by Gasteiger charge is -2.22. The average molecular weight is 275 g/mol. The Morgan fingerprint density at radius 1 is 1.40 bits per heavy atom.